The number of rotatable bonds is 7. The zero-order chi connectivity index (χ0) is 18.4. The fourth-order valence-corrected chi connectivity index (χ4v) is 3.91. The first-order valence-electron chi connectivity index (χ1n) is 8.01. The first kappa shape index (κ1) is 18.7. The highest BCUT2D eigenvalue weighted by Crippen LogP contribution is 2.25. The number of ether oxygens (including phenoxy) is 1. The molecule has 0 aliphatic carbocycles. The fraction of sp³-hybridized carbons (Fsp3) is 0.375. The van der Waals surface area contributed by atoms with Crippen LogP contribution in [0.15, 0.2) is 28.6 Å². The van der Waals surface area contributed by atoms with Gasteiger partial charge >= 0.3 is 0 Å². The standard InChI is InChI=1S/C16H17FN4O3S2/c17-11-4-1-3-10(7-11)14(23)19-15-20-21-16(26-15)25-9-13(22)18-8-12-5-2-6-24-12/h1,3-4,7,12H,2,5-6,8-9H2,(H,18,22)(H,19,20,23)/t12-/m1/s1. The van der Waals surface area contributed by atoms with Gasteiger partial charge in [-0.1, -0.05) is 29.2 Å². The molecule has 1 aromatic carbocycles. The summed E-state index contributed by atoms with van der Waals surface area (Å²) in [6.45, 7) is 1.27. The average Bonchev–Trinajstić information content (AvgIpc) is 3.30. The molecule has 3 rings (SSSR count). The number of aromatic nitrogens is 2. The first-order chi connectivity index (χ1) is 12.6. The number of nitrogens with zero attached hydrogens (tertiary/aromatic N) is 2. The van der Waals surface area contributed by atoms with Gasteiger partial charge in [-0.2, -0.15) is 0 Å². The number of anilines is 1. The Bertz CT molecular complexity index is 780. The van der Waals surface area contributed by atoms with E-state index in [0.717, 1.165) is 36.9 Å². The molecule has 1 aromatic heterocycles. The Balaban J connectivity index is 1.44. The Morgan fingerprint density at radius 3 is 3.04 bits per heavy atom. The number of thioether (sulfide) groups is 1. The summed E-state index contributed by atoms with van der Waals surface area (Å²) in [5, 5.41) is 13.5. The van der Waals surface area contributed by atoms with Crippen LogP contribution in [0.1, 0.15) is 23.2 Å². The van der Waals surface area contributed by atoms with E-state index >= 15 is 0 Å². The molecule has 1 saturated heterocycles. The fourth-order valence-electron chi connectivity index (χ4n) is 2.33. The van der Waals surface area contributed by atoms with E-state index in [9.17, 15) is 14.0 Å². The van der Waals surface area contributed by atoms with E-state index in [1.165, 1.54) is 30.0 Å². The van der Waals surface area contributed by atoms with Gasteiger partial charge in [-0.05, 0) is 31.0 Å². The Morgan fingerprint density at radius 2 is 2.27 bits per heavy atom. The number of carbonyl (C=O) groups is 2. The Kier molecular flexibility index (Phi) is 6.53. The third-order valence-electron chi connectivity index (χ3n) is 3.59. The quantitative estimate of drug-likeness (QED) is 0.551. The minimum absolute atomic E-state index is 0.106. The highest BCUT2D eigenvalue weighted by atomic mass is 32.2. The van der Waals surface area contributed by atoms with E-state index < -0.39 is 11.7 Å². The van der Waals surface area contributed by atoms with Crippen molar-refractivity contribution in [2.75, 3.05) is 24.2 Å². The van der Waals surface area contributed by atoms with E-state index in [-0.39, 0.29) is 23.3 Å². The number of halogens is 1. The molecule has 2 heterocycles. The molecule has 10 heteroatoms. The van der Waals surface area contributed by atoms with Gasteiger partial charge in [0.15, 0.2) is 4.34 Å². The van der Waals surface area contributed by atoms with Crippen molar-refractivity contribution in [2.45, 2.75) is 23.3 Å². The lowest BCUT2D eigenvalue weighted by Gasteiger charge is -2.09. The number of nitrogens with one attached hydrogen (secondary N) is 2. The summed E-state index contributed by atoms with van der Waals surface area (Å²) in [5.74, 6) is -0.850. The molecule has 7 nitrogen and oxygen atoms in total. The van der Waals surface area contributed by atoms with E-state index in [1.54, 1.807) is 0 Å². The predicted octanol–water partition coefficient (Wildman–Crippen LogP) is 2.32. The average molecular weight is 396 g/mol. The smallest absolute Gasteiger partial charge is 0.257 e. The van der Waals surface area contributed by atoms with Gasteiger partial charge in [-0.3, -0.25) is 14.9 Å². The lowest BCUT2D eigenvalue weighted by molar-refractivity contribution is -0.119. The van der Waals surface area contributed by atoms with Crippen LogP contribution >= 0.6 is 23.1 Å². The lowest BCUT2D eigenvalue weighted by Crippen LogP contribution is -2.32. The summed E-state index contributed by atoms with van der Waals surface area (Å²) in [4.78, 5) is 23.9. The Labute approximate surface area is 157 Å². The van der Waals surface area contributed by atoms with Crippen molar-refractivity contribution in [1.82, 2.24) is 15.5 Å². The number of benzene rings is 1. The maximum absolute atomic E-state index is 13.2. The van der Waals surface area contributed by atoms with Crippen LogP contribution in [0.25, 0.3) is 0 Å². The van der Waals surface area contributed by atoms with Gasteiger partial charge < -0.3 is 10.1 Å². The molecule has 2 N–H and O–H groups in total. The zero-order valence-electron chi connectivity index (χ0n) is 13.7. The molecule has 1 aliphatic rings. The number of amides is 2. The number of hydrogen-bond donors (Lipinski definition) is 2. The molecule has 1 fully saturated rings. The largest absolute Gasteiger partial charge is 0.376 e. The van der Waals surface area contributed by atoms with E-state index in [0.29, 0.717) is 16.0 Å². The van der Waals surface area contributed by atoms with Crippen LogP contribution in [0.4, 0.5) is 9.52 Å². The molecule has 1 atom stereocenters. The molecular formula is C16H17FN4O3S2. The topological polar surface area (TPSA) is 93.2 Å². The van der Waals surface area contributed by atoms with Crippen LogP contribution in [0.5, 0.6) is 0 Å². The number of carbonyl (C=O) groups excluding carboxylic acids is 2. The van der Waals surface area contributed by atoms with Crippen molar-refractivity contribution in [3.63, 3.8) is 0 Å². The molecule has 0 spiro atoms. The van der Waals surface area contributed by atoms with Crippen molar-refractivity contribution < 1.29 is 18.7 Å². The zero-order valence-corrected chi connectivity index (χ0v) is 15.4. The summed E-state index contributed by atoms with van der Waals surface area (Å²) >= 11 is 2.39. The van der Waals surface area contributed by atoms with Gasteiger partial charge in [0.1, 0.15) is 5.82 Å². The third kappa shape index (κ3) is 5.48. The van der Waals surface area contributed by atoms with Gasteiger partial charge in [0, 0.05) is 18.7 Å². The van der Waals surface area contributed by atoms with Crippen molar-refractivity contribution in [3.05, 3.63) is 35.6 Å². The first-order valence-corrected chi connectivity index (χ1v) is 9.82. The minimum Gasteiger partial charge on any atom is -0.376 e. The predicted molar refractivity (Wildman–Crippen MR) is 97.0 cm³/mol. The Hall–Kier alpha value is -2.04. The molecule has 138 valence electrons. The van der Waals surface area contributed by atoms with Gasteiger partial charge in [-0.15, -0.1) is 10.2 Å². The molecule has 0 saturated carbocycles. The van der Waals surface area contributed by atoms with Gasteiger partial charge in [0.2, 0.25) is 11.0 Å². The highest BCUT2D eigenvalue weighted by molar-refractivity contribution is 8.01. The molecule has 2 aromatic rings. The van der Waals surface area contributed by atoms with E-state index in [2.05, 4.69) is 20.8 Å². The molecular weight excluding hydrogens is 379 g/mol. The van der Waals surface area contributed by atoms with Crippen molar-refractivity contribution in [3.8, 4) is 0 Å². The van der Waals surface area contributed by atoms with Crippen molar-refractivity contribution in [1.29, 1.82) is 0 Å². The summed E-state index contributed by atoms with van der Waals surface area (Å²) in [7, 11) is 0. The molecule has 0 bridgehead atoms. The summed E-state index contributed by atoms with van der Waals surface area (Å²) < 4.78 is 19.2. The highest BCUT2D eigenvalue weighted by Gasteiger charge is 2.17. The lowest BCUT2D eigenvalue weighted by atomic mass is 10.2. The second kappa shape index (κ2) is 9.06. The number of hydrogen-bond acceptors (Lipinski definition) is 7. The third-order valence-corrected chi connectivity index (χ3v) is 5.56. The summed E-state index contributed by atoms with van der Waals surface area (Å²) in [6.07, 6.45) is 2.11. The van der Waals surface area contributed by atoms with E-state index in [1.807, 2.05) is 0 Å². The van der Waals surface area contributed by atoms with Crippen LogP contribution in [0, 0.1) is 5.82 Å². The molecule has 1 aliphatic heterocycles. The SMILES string of the molecule is O=C(CSc1nnc(NC(=O)c2cccc(F)c2)s1)NC[C@H]1CCCO1. The summed E-state index contributed by atoms with van der Waals surface area (Å²) in [6, 6.07) is 5.37. The second-order valence-corrected chi connectivity index (χ2v) is 7.77. The molecule has 0 unspecified atom stereocenters. The molecule has 26 heavy (non-hydrogen) atoms. The normalized spacial score (nSPS) is 16.4. The van der Waals surface area contributed by atoms with Gasteiger partial charge in [0.25, 0.3) is 5.91 Å². The van der Waals surface area contributed by atoms with Crippen LogP contribution in [0.3, 0.4) is 0 Å². The summed E-state index contributed by atoms with van der Waals surface area (Å²) in [5.41, 5.74) is 0.197. The second-order valence-electron chi connectivity index (χ2n) is 5.57. The maximum Gasteiger partial charge on any atom is 0.257 e. The Morgan fingerprint density at radius 1 is 1.38 bits per heavy atom. The van der Waals surface area contributed by atoms with Gasteiger partial charge in [-0.25, -0.2) is 4.39 Å². The monoisotopic (exact) mass is 396 g/mol. The minimum atomic E-state index is -0.486. The van der Waals surface area contributed by atoms with Crippen molar-refractivity contribution >= 4 is 40.0 Å². The maximum atomic E-state index is 13.2. The van der Waals surface area contributed by atoms with Crippen LogP contribution in [-0.4, -0.2) is 47.0 Å². The molecule has 0 radical (unpaired) electrons. The van der Waals surface area contributed by atoms with Crippen LogP contribution in [-0.2, 0) is 9.53 Å². The van der Waals surface area contributed by atoms with Crippen LogP contribution < -0.4 is 10.6 Å². The van der Waals surface area contributed by atoms with Crippen molar-refractivity contribution in [2.24, 2.45) is 0 Å². The molecule has 2 amide bonds. The van der Waals surface area contributed by atoms with E-state index in [4.69, 9.17) is 4.74 Å². The van der Waals surface area contributed by atoms with Gasteiger partial charge in [0.05, 0.1) is 11.9 Å². The van der Waals surface area contributed by atoms with Crippen LogP contribution in [0.2, 0.25) is 0 Å².